The van der Waals surface area contributed by atoms with E-state index in [1.165, 1.54) is 21.3 Å². The number of rotatable bonds is 3. The van der Waals surface area contributed by atoms with Gasteiger partial charge in [0.05, 0.1) is 4.90 Å². The van der Waals surface area contributed by atoms with Gasteiger partial charge in [-0.25, -0.2) is 12.8 Å². The summed E-state index contributed by atoms with van der Waals surface area (Å²) in [4.78, 5) is 24.8. The first-order valence-electron chi connectivity index (χ1n) is 7.50. The van der Waals surface area contributed by atoms with Crippen molar-refractivity contribution in [3.63, 3.8) is 0 Å². The van der Waals surface area contributed by atoms with Gasteiger partial charge in [-0.05, 0) is 37.1 Å². The molecule has 8 heteroatoms. The van der Waals surface area contributed by atoms with Crippen molar-refractivity contribution in [3.8, 4) is 0 Å². The number of amides is 2. The summed E-state index contributed by atoms with van der Waals surface area (Å²) in [5, 5.41) is 0. The number of hydrogen-bond acceptors (Lipinski definition) is 4. The second-order valence-electron chi connectivity index (χ2n) is 5.75. The van der Waals surface area contributed by atoms with Crippen LogP contribution in [0.15, 0.2) is 29.2 Å². The molecule has 2 fully saturated rings. The maximum Gasteiger partial charge on any atom is 0.243 e. The number of carbonyl (C=O) groups is 2. The molecule has 3 rings (SSSR count). The molecule has 2 heterocycles. The summed E-state index contributed by atoms with van der Waals surface area (Å²) in [6.45, 7) is 0.475. The topological polar surface area (TPSA) is 74.8 Å². The molecule has 2 aliphatic heterocycles. The van der Waals surface area contributed by atoms with Crippen molar-refractivity contribution in [3.05, 3.63) is 30.1 Å². The first-order chi connectivity index (χ1) is 10.9. The van der Waals surface area contributed by atoms with E-state index >= 15 is 0 Å². The van der Waals surface area contributed by atoms with Crippen molar-refractivity contribution in [1.82, 2.24) is 9.21 Å². The molecule has 0 radical (unpaired) electrons. The molecular formula is C15H17FN2O4S. The van der Waals surface area contributed by atoms with Gasteiger partial charge in [-0.2, -0.15) is 4.31 Å². The van der Waals surface area contributed by atoms with Crippen molar-refractivity contribution in [2.75, 3.05) is 13.1 Å². The Morgan fingerprint density at radius 1 is 0.957 bits per heavy atom. The third-order valence-corrected chi connectivity index (χ3v) is 6.24. The lowest BCUT2D eigenvalue weighted by Gasteiger charge is -2.35. The quantitative estimate of drug-likeness (QED) is 0.773. The largest absolute Gasteiger partial charge is 0.279 e. The van der Waals surface area contributed by atoms with E-state index in [9.17, 15) is 22.4 Å². The number of likely N-dealkylation sites (tertiary alicyclic amines) is 1. The highest BCUT2D eigenvalue weighted by atomic mass is 32.2. The van der Waals surface area contributed by atoms with Gasteiger partial charge in [-0.3, -0.25) is 14.5 Å². The average molecular weight is 340 g/mol. The fourth-order valence-corrected chi connectivity index (χ4v) is 4.57. The zero-order chi connectivity index (χ0) is 16.6. The number of piperidine rings is 1. The molecule has 2 aliphatic rings. The molecule has 23 heavy (non-hydrogen) atoms. The third-order valence-electron chi connectivity index (χ3n) is 4.33. The van der Waals surface area contributed by atoms with Crippen LogP contribution >= 0.6 is 0 Å². The smallest absolute Gasteiger partial charge is 0.243 e. The van der Waals surface area contributed by atoms with Crippen LogP contribution in [0.5, 0.6) is 0 Å². The highest BCUT2D eigenvalue weighted by Crippen LogP contribution is 2.26. The Kier molecular flexibility index (Phi) is 4.20. The summed E-state index contributed by atoms with van der Waals surface area (Å²) < 4.78 is 39.3. The molecular weight excluding hydrogens is 323 g/mol. The fourth-order valence-electron chi connectivity index (χ4n) is 3.10. The molecule has 0 unspecified atom stereocenters. The Bertz CT molecular complexity index is 708. The third kappa shape index (κ3) is 3.00. The van der Waals surface area contributed by atoms with Crippen LogP contribution in [-0.4, -0.2) is 48.6 Å². The predicted octanol–water partition coefficient (Wildman–Crippen LogP) is 1.13. The highest BCUT2D eigenvalue weighted by Gasteiger charge is 2.38. The molecule has 0 spiro atoms. The summed E-state index contributed by atoms with van der Waals surface area (Å²) in [6, 6.07) is 4.48. The van der Waals surface area contributed by atoms with Crippen LogP contribution in [0.3, 0.4) is 0 Å². The van der Waals surface area contributed by atoms with E-state index in [-0.39, 0.29) is 48.7 Å². The van der Waals surface area contributed by atoms with Crippen LogP contribution in [0, 0.1) is 5.82 Å². The lowest BCUT2D eigenvalue weighted by Crippen LogP contribution is -2.48. The Morgan fingerprint density at radius 2 is 1.48 bits per heavy atom. The maximum absolute atomic E-state index is 12.9. The van der Waals surface area contributed by atoms with Crippen LogP contribution < -0.4 is 0 Å². The van der Waals surface area contributed by atoms with Crippen molar-refractivity contribution < 1.29 is 22.4 Å². The molecule has 1 aromatic rings. The molecule has 2 saturated heterocycles. The van der Waals surface area contributed by atoms with Gasteiger partial charge in [0.15, 0.2) is 0 Å². The standard InChI is InChI=1S/C15H17FN2O4S/c16-11-1-3-13(4-2-11)23(21,22)17-9-7-12(8-10-17)18-14(19)5-6-15(18)20/h1-4,12H,5-10H2. The molecule has 0 N–H and O–H groups in total. The summed E-state index contributed by atoms with van der Waals surface area (Å²) in [5.41, 5.74) is 0. The molecule has 0 aliphatic carbocycles. The van der Waals surface area contributed by atoms with Gasteiger partial charge in [0.1, 0.15) is 5.82 Å². The molecule has 2 amide bonds. The van der Waals surface area contributed by atoms with Gasteiger partial charge >= 0.3 is 0 Å². The van der Waals surface area contributed by atoms with Gasteiger partial charge < -0.3 is 0 Å². The Morgan fingerprint density at radius 3 is 2.00 bits per heavy atom. The Labute approximate surface area is 133 Å². The summed E-state index contributed by atoms with van der Waals surface area (Å²) in [6.07, 6.45) is 1.34. The first-order valence-corrected chi connectivity index (χ1v) is 8.94. The number of halogens is 1. The van der Waals surface area contributed by atoms with E-state index in [4.69, 9.17) is 0 Å². The lowest BCUT2D eigenvalue weighted by atomic mass is 10.1. The van der Waals surface area contributed by atoms with Gasteiger partial charge in [-0.15, -0.1) is 0 Å². The van der Waals surface area contributed by atoms with Crippen molar-refractivity contribution >= 4 is 21.8 Å². The average Bonchev–Trinajstić information content (AvgIpc) is 2.87. The first kappa shape index (κ1) is 16.1. The van der Waals surface area contributed by atoms with Gasteiger partial charge in [0.25, 0.3) is 0 Å². The Hall–Kier alpha value is -1.80. The van der Waals surface area contributed by atoms with Gasteiger partial charge in [-0.1, -0.05) is 0 Å². The molecule has 124 valence electrons. The summed E-state index contributed by atoms with van der Waals surface area (Å²) in [7, 11) is -3.67. The highest BCUT2D eigenvalue weighted by molar-refractivity contribution is 7.89. The van der Waals surface area contributed by atoms with Crippen molar-refractivity contribution in [2.45, 2.75) is 36.6 Å². The van der Waals surface area contributed by atoms with Gasteiger partial charge in [0, 0.05) is 32.0 Å². The fraction of sp³-hybridized carbons (Fsp3) is 0.467. The monoisotopic (exact) mass is 340 g/mol. The molecule has 1 aromatic carbocycles. The normalized spacial score (nSPS) is 21.2. The number of sulfonamides is 1. The zero-order valence-electron chi connectivity index (χ0n) is 12.4. The molecule has 0 saturated carbocycles. The lowest BCUT2D eigenvalue weighted by molar-refractivity contribution is -0.141. The number of carbonyl (C=O) groups excluding carboxylic acids is 2. The molecule has 0 atom stereocenters. The van der Waals surface area contributed by atoms with E-state index < -0.39 is 15.8 Å². The van der Waals surface area contributed by atoms with Crippen LogP contribution in [0.25, 0.3) is 0 Å². The summed E-state index contributed by atoms with van der Waals surface area (Å²) >= 11 is 0. The minimum atomic E-state index is -3.67. The van der Waals surface area contributed by atoms with Crippen molar-refractivity contribution in [2.24, 2.45) is 0 Å². The number of imide groups is 1. The van der Waals surface area contributed by atoms with Gasteiger partial charge in [0.2, 0.25) is 21.8 Å². The van der Waals surface area contributed by atoms with E-state index in [0.717, 1.165) is 12.1 Å². The second-order valence-corrected chi connectivity index (χ2v) is 7.68. The second kappa shape index (κ2) is 6.01. The summed E-state index contributed by atoms with van der Waals surface area (Å²) in [5.74, 6) is -0.835. The number of nitrogens with zero attached hydrogens (tertiary/aromatic N) is 2. The van der Waals surface area contributed by atoms with E-state index in [0.29, 0.717) is 12.8 Å². The Balaban J connectivity index is 1.70. The van der Waals surface area contributed by atoms with Crippen LogP contribution in [-0.2, 0) is 19.6 Å². The predicted molar refractivity (Wildman–Crippen MR) is 79.3 cm³/mol. The molecule has 0 aromatic heterocycles. The molecule has 6 nitrogen and oxygen atoms in total. The van der Waals surface area contributed by atoms with Crippen LogP contribution in [0.4, 0.5) is 4.39 Å². The van der Waals surface area contributed by atoms with E-state index in [2.05, 4.69) is 0 Å². The zero-order valence-corrected chi connectivity index (χ0v) is 13.3. The van der Waals surface area contributed by atoms with E-state index in [1.54, 1.807) is 0 Å². The van der Waals surface area contributed by atoms with Crippen LogP contribution in [0.2, 0.25) is 0 Å². The van der Waals surface area contributed by atoms with E-state index in [1.807, 2.05) is 0 Å². The minimum Gasteiger partial charge on any atom is -0.279 e. The molecule has 0 bridgehead atoms. The number of hydrogen-bond donors (Lipinski definition) is 0. The minimum absolute atomic E-state index is 0.0469. The maximum atomic E-state index is 12.9. The van der Waals surface area contributed by atoms with Crippen LogP contribution in [0.1, 0.15) is 25.7 Å². The SMILES string of the molecule is O=C1CCC(=O)N1C1CCN(S(=O)(=O)c2ccc(F)cc2)CC1. The van der Waals surface area contributed by atoms with Crippen molar-refractivity contribution in [1.29, 1.82) is 0 Å². The number of benzene rings is 1.